The molecule has 2 aromatic heterocycles. The first kappa shape index (κ1) is 22.7. The van der Waals surface area contributed by atoms with E-state index in [1.165, 1.54) is 16.9 Å². The number of ether oxygens (including phenoxy) is 1. The Morgan fingerprint density at radius 3 is 2.76 bits per heavy atom. The second-order valence-electron chi connectivity index (χ2n) is 9.03. The van der Waals surface area contributed by atoms with Crippen molar-refractivity contribution < 1.29 is 18.3 Å². The molecule has 0 bridgehead atoms. The fourth-order valence-electron chi connectivity index (χ4n) is 3.58. The average Bonchev–Trinajstić information content (AvgIpc) is 3.38. The zero-order valence-corrected chi connectivity index (χ0v) is 18.8. The van der Waals surface area contributed by atoms with Gasteiger partial charge in [-0.3, -0.25) is 0 Å². The summed E-state index contributed by atoms with van der Waals surface area (Å²) in [5, 5.41) is 16.0. The Labute approximate surface area is 190 Å². The number of aryl methyl sites for hydroxylation is 1. The molecule has 1 aliphatic rings. The summed E-state index contributed by atoms with van der Waals surface area (Å²) < 4.78 is 35.2. The number of fused-ring (bicyclic) bond motifs is 1. The molecule has 33 heavy (non-hydrogen) atoms. The third-order valence-electron chi connectivity index (χ3n) is 5.11. The number of alkyl halides is 1. The summed E-state index contributed by atoms with van der Waals surface area (Å²) in [5.74, 6) is -0.867. The van der Waals surface area contributed by atoms with Crippen molar-refractivity contribution in [3.63, 3.8) is 0 Å². The molecule has 1 atom stereocenters. The summed E-state index contributed by atoms with van der Waals surface area (Å²) in [5.41, 5.74) is 3.13. The maximum absolute atomic E-state index is 14.6. The van der Waals surface area contributed by atoms with E-state index in [4.69, 9.17) is 4.74 Å². The van der Waals surface area contributed by atoms with Gasteiger partial charge in [0.25, 0.3) is 0 Å². The summed E-state index contributed by atoms with van der Waals surface area (Å²) in [6, 6.07) is 8.51. The largest absolute Gasteiger partial charge is 0.455 e. The Bertz CT molecular complexity index is 1200. The maximum Gasteiger partial charge on any atom is 0.361 e. The van der Waals surface area contributed by atoms with E-state index < -0.39 is 17.7 Å². The molecule has 1 unspecified atom stereocenters. The highest BCUT2D eigenvalue weighted by atomic mass is 19.1. The smallest absolute Gasteiger partial charge is 0.361 e. The lowest BCUT2D eigenvalue weighted by molar-refractivity contribution is 0.00626. The molecule has 0 spiro atoms. The fourth-order valence-corrected chi connectivity index (χ4v) is 3.58. The highest BCUT2D eigenvalue weighted by Crippen LogP contribution is 2.31. The molecule has 0 N–H and O–H groups in total. The van der Waals surface area contributed by atoms with Crippen molar-refractivity contribution in [1.29, 1.82) is 0 Å². The highest BCUT2D eigenvalue weighted by molar-refractivity contribution is 5.88. The van der Waals surface area contributed by atoms with Crippen LogP contribution in [-0.2, 0) is 24.1 Å². The molecule has 7 nitrogen and oxygen atoms in total. The zero-order valence-electron chi connectivity index (χ0n) is 18.8. The molecule has 3 aromatic rings. The minimum Gasteiger partial charge on any atom is -0.455 e. The van der Waals surface area contributed by atoms with Gasteiger partial charge >= 0.3 is 5.97 Å². The molecule has 4 rings (SSSR count). The first-order valence-corrected chi connectivity index (χ1v) is 10.8. The van der Waals surface area contributed by atoms with Crippen LogP contribution in [0, 0.1) is 5.82 Å². The number of aromatic nitrogens is 5. The van der Waals surface area contributed by atoms with Crippen molar-refractivity contribution in [3.8, 4) is 0 Å². The first-order valence-electron chi connectivity index (χ1n) is 10.8. The van der Waals surface area contributed by atoms with E-state index in [1.54, 1.807) is 39.0 Å². The maximum atomic E-state index is 14.6. The van der Waals surface area contributed by atoms with Gasteiger partial charge in [0.15, 0.2) is 5.69 Å². The zero-order chi connectivity index (χ0) is 23.6. The van der Waals surface area contributed by atoms with Crippen molar-refractivity contribution in [2.24, 2.45) is 0 Å². The van der Waals surface area contributed by atoms with E-state index in [0.717, 1.165) is 16.8 Å². The summed E-state index contributed by atoms with van der Waals surface area (Å²) in [7, 11) is 0. The van der Waals surface area contributed by atoms with Gasteiger partial charge in [-0.25, -0.2) is 18.3 Å². The van der Waals surface area contributed by atoms with Crippen LogP contribution in [0.3, 0.4) is 0 Å². The van der Waals surface area contributed by atoms with Crippen LogP contribution in [0.1, 0.15) is 60.2 Å². The minimum absolute atomic E-state index is 0.0362. The molecule has 0 fully saturated rings. The van der Waals surface area contributed by atoms with Crippen molar-refractivity contribution in [2.75, 3.05) is 0 Å². The quantitative estimate of drug-likeness (QED) is 0.498. The lowest BCUT2D eigenvalue weighted by atomic mass is 10.0. The van der Waals surface area contributed by atoms with E-state index in [2.05, 4.69) is 20.5 Å². The van der Waals surface area contributed by atoms with Gasteiger partial charge in [-0.05, 0) is 57.4 Å². The predicted octanol–water partition coefficient (Wildman–Crippen LogP) is 4.23. The van der Waals surface area contributed by atoms with Crippen LogP contribution in [0.15, 0.2) is 36.5 Å². The van der Waals surface area contributed by atoms with Crippen molar-refractivity contribution in [2.45, 2.75) is 58.4 Å². The van der Waals surface area contributed by atoms with Crippen molar-refractivity contribution in [3.05, 3.63) is 70.6 Å². The number of hydrogen-bond donors (Lipinski definition) is 0. The number of halogens is 2. The molecule has 172 valence electrons. The van der Waals surface area contributed by atoms with Crippen LogP contribution in [0.2, 0.25) is 0 Å². The number of benzene rings is 1. The molecule has 0 aliphatic heterocycles. The first-order chi connectivity index (χ1) is 15.7. The van der Waals surface area contributed by atoms with Crippen LogP contribution in [0.25, 0.3) is 11.6 Å². The van der Waals surface area contributed by atoms with Crippen LogP contribution >= 0.6 is 0 Å². The van der Waals surface area contributed by atoms with E-state index in [9.17, 15) is 13.6 Å². The number of nitrogens with zero attached hydrogens (tertiary/aromatic N) is 5. The molecular formula is C24H25F2N5O2. The number of carbonyl (C=O) groups excluding carboxylic acids is 1. The second kappa shape index (κ2) is 9.17. The Morgan fingerprint density at radius 2 is 2.00 bits per heavy atom. The highest BCUT2D eigenvalue weighted by Gasteiger charge is 2.22. The number of hydrogen-bond acceptors (Lipinski definition) is 6. The average molecular weight is 453 g/mol. The molecule has 0 amide bonds. The Morgan fingerprint density at radius 1 is 1.21 bits per heavy atom. The molecule has 0 radical (unpaired) electrons. The van der Waals surface area contributed by atoms with E-state index in [1.807, 2.05) is 12.1 Å². The van der Waals surface area contributed by atoms with E-state index in [0.29, 0.717) is 24.1 Å². The lowest BCUT2D eigenvalue weighted by Gasteiger charge is -2.18. The summed E-state index contributed by atoms with van der Waals surface area (Å²) in [4.78, 5) is 12.0. The van der Waals surface area contributed by atoms with Crippen molar-refractivity contribution in [1.82, 2.24) is 25.2 Å². The SMILES string of the molecule is CC(C)(C)OC(=O)c1cn(CC(F)CCc2cc3c(nn2)CC(c2ccccc2F)=C3)nn1. The monoisotopic (exact) mass is 453 g/mol. The van der Waals surface area contributed by atoms with Crippen LogP contribution in [0.4, 0.5) is 8.78 Å². The predicted molar refractivity (Wildman–Crippen MR) is 118 cm³/mol. The van der Waals surface area contributed by atoms with Crippen LogP contribution in [0.5, 0.6) is 0 Å². The number of allylic oxidation sites excluding steroid dienone is 1. The summed E-state index contributed by atoms with van der Waals surface area (Å²) in [6.45, 7) is 5.23. The van der Waals surface area contributed by atoms with Gasteiger partial charge in [-0.1, -0.05) is 23.4 Å². The van der Waals surface area contributed by atoms with Gasteiger partial charge in [0.2, 0.25) is 0 Å². The number of esters is 1. The fraction of sp³-hybridized carbons (Fsp3) is 0.375. The third-order valence-corrected chi connectivity index (χ3v) is 5.11. The Balaban J connectivity index is 1.34. The van der Waals surface area contributed by atoms with E-state index in [-0.39, 0.29) is 24.5 Å². The van der Waals surface area contributed by atoms with Gasteiger partial charge in [0, 0.05) is 17.5 Å². The van der Waals surface area contributed by atoms with Gasteiger partial charge in [-0.15, -0.1) is 5.10 Å². The molecule has 0 saturated carbocycles. The number of rotatable bonds is 7. The normalized spacial score (nSPS) is 14.0. The molecule has 1 aliphatic carbocycles. The van der Waals surface area contributed by atoms with Gasteiger partial charge in [0.05, 0.1) is 24.1 Å². The van der Waals surface area contributed by atoms with Gasteiger partial charge in [0.1, 0.15) is 17.6 Å². The number of carbonyl (C=O) groups is 1. The lowest BCUT2D eigenvalue weighted by Crippen LogP contribution is -2.24. The molecule has 1 aromatic carbocycles. The molecule has 0 saturated heterocycles. The second-order valence-corrected chi connectivity index (χ2v) is 9.03. The van der Waals surface area contributed by atoms with E-state index >= 15 is 0 Å². The van der Waals surface area contributed by atoms with Crippen molar-refractivity contribution >= 4 is 17.6 Å². The minimum atomic E-state index is -1.21. The standard InChI is InChI=1S/C24H25F2N5O2/c1-24(2,3)33-23(32)22-14-31(30-29-22)13-17(25)8-9-18-11-16-10-15(12-21(16)28-27-18)19-6-4-5-7-20(19)26/h4-7,10-11,14,17H,8-9,12-13H2,1-3H3. The third kappa shape index (κ3) is 5.66. The van der Waals surface area contributed by atoms with Crippen LogP contribution < -0.4 is 0 Å². The topological polar surface area (TPSA) is 82.8 Å². The molecule has 9 heteroatoms. The Kier molecular flexibility index (Phi) is 6.31. The van der Waals surface area contributed by atoms with Gasteiger partial charge in [-0.2, -0.15) is 10.2 Å². The summed E-state index contributed by atoms with van der Waals surface area (Å²) in [6.07, 6.45) is 3.19. The van der Waals surface area contributed by atoms with Crippen LogP contribution in [-0.4, -0.2) is 42.9 Å². The molecule has 2 heterocycles. The molecular weight excluding hydrogens is 428 g/mol. The van der Waals surface area contributed by atoms with Gasteiger partial charge < -0.3 is 4.74 Å². The Hall–Kier alpha value is -3.49. The summed E-state index contributed by atoms with van der Waals surface area (Å²) >= 11 is 0.